The molecule has 0 bridgehead atoms. The molecule has 2 rings (SSSR count). The van der Waals surface area contributed by atoms with Crippen LogP contribution in [0.3, 0.4) is 0 Å². The van der Waals surface area contributed by atoms with Gasteiger partial charge in [-0.1, -0.05) is 23.7 Å². The average molecular weight is 353 g/mol. The lowest BCUT2D eigenvalue weighted by atomic mass is 10.2. The zero-order valence-electron chi connectivity index (χ0n) is 12.0. The molecule has 0 radical (unpaired) electrons. The fourth-order valence-corrected chi connectivity index (χ4v) is 2.68. The van der Waals surface area contributed by atoms with Crippen LogP contribution in [0.15, 0.2) is 53.4 Å². The Morgan fingerprint density at radius 1 is 0.913 bits per heavy atom. The van der Waals surface area contributed by atoms with Gasteiger partial charge in [0.2, 0.25) is 0 Å². The zero-order chi connectivity index (χ0) is 17.0. The molecule has 0 unspecified atom stereocenters. The van der Waals surface area contributed by atoms with Gasteiger partial charge in [-0.25, -0.2) is 8.42 Å². The van der Waals surface area contributed by atoms with E-state index >= 15 is 0 Å². The van der Waals surface area contributed by atoms with E-state index in [2.05, 4.69) is 5.43 Å². The number of Topliss-reactive ketones (excluding diaryl/α,β-unsaturated/α-hetero) is 1. The normalized spacial score (nSPS) is 11.0. The molecule has 0 aromatic heterocycles. The van der Waals surface area contributed by atoms with E-state index < -0.39 is 15.9 Å². The Balaban J connectivity index is 2.07. The summed E-state index contributed by atoms with van der Waals surface area (Å²) in [5.41, 5.74) is 2.76. The molecule has 2 aromatic rings. The summed E-state index contributed by atoms with van der Waals surface area (Å²) in [4.78, 5) is 24.9. The van der Waals surface area contributed by atoms with E-state index in [-0.39, 0.29) is 16.2 Å². The lowest BCUT2D eigenvalue weighted by Gasteiger charge is -2.09. The van der Waals surface area contributed by atoms with Gasteiger partial charge in [0.15, 0.2) is 5.78 Å². The molecule has 23 heavy (non-hydrogen) atoms. The zero-order valence-corrected chi connectivity index (χ0v) is 13.6. The van der Waals surface area contributed by atoms with Crippen molar-refractivity contribution >= 4 is 33.3 Å². The Bertz CT molecular complexity index is 831. The molecule has 0 aliphatic rings. The molecule has 0 saturated heterocycles. The number of sulfonamides is 1. The maximum Gasteiger partial charge on any atom is 0.266 e. The molecule has 2 aromatic carbocycles. The standard InChI is InChI=1S/C15H13ClN2O4S/c1-10(19)11-4-8-14(9-5-11)23(21,22)18-17-15(20)12-2-6-13(16)7-3-12/h2-9,18H,1H3,(H,17,20). The monoisotopic (exact) mass is 352 g/mol. The first-order valence-corrected chi connectivity index (χ1v) is 8.34. The van der Waals surface area contributed by atoms with Gasteiger partial charge in [-0.15, -0.1) is 4.83 Å². The van der Waals surface area contributed by atoms with Crippen LogP contribution >= 0.6 is 11.6 Å². The molecule has 1 amide bonds. The predicted molar refractivity (Wildman–Crippen MR) is 85.7 cm³/mol. The molecule has 0 aliphatic carbocycles. The van der Waals surface area contributed by atoms with Crippen molar-refractivity contribution in [1.29, 1.82) is 0 Å². The molecule has 0 spiro atoms. The second kappa shape index (κ2) is 6.91. The number of rotatable bonds is 5. The number of carbonyl (C=O) groups excluding carboxylic acids is 2. The average Bonchev–Trinajstić information content (AvgIpc) is 2.53. The van der Waals surface area contributed by atoms with E-state index in [0.29, 0.717) is 10.6 Å². The molecule has 0 fully saturated rings. The number of carbonyl (C=O) groups is 2. The molecule has 2 N–H and O–H groups in total. The van der Waals surface area contributed by atoms with Crippen molar-refractivity contribution in [2.75, 3.05) is 0 Å². The van der Waals surface area contributed by atoms with Gasteiger partial charge in [0.25, 0.3) is 15.9 Å². The van der Waals surface area contributed by atoms with Crippen LogP contribution in [-0.2, 0) is 10.0 Å². The van der Waals surface area contributed by atoms with Crippen LogP contribution < -0.4 is 10.3 Å². The third-order valence-electron chi connectivity index (χ3n) is 2.98. The number of nitrogens with one attached hydrogen (secondary N) is 2. The minimum atomic E-state index is -3.93. The smallest absolute Gasteiger partial charge is 0.266 e. The molecule has 8 heteroatoms. The van der Waals surface area contributed by atoms with E-state index in [0.717, 1.165) is 0 Å². The SMILES string of the molecule is CC(=O)c1ccc(S(=O)(=O)NNC(=O)c2ccc(Cl)cc2)cc1. The van der Waals surface area contributed by atoms with Gasteiger partial charge in [-0.2, -0.15) is 0 Å². The molecular weight excluding hydrogens is 340 g/mol. The number of amides is 1. The third kappa shape index (κ3) is 4.38. The van der Waals surface area contributed by atoms with Crippen molar-refractivity contribution in [2.45, 2.75) is 11.8 Å². The number of ketones is 1. The second-order valence-electron chi connectivity index (χ2n) is 4.65. The molecule has 0 aliphatic heterocycles. The summed E-state index contributed by atoms with van der Waals surface area (Å²) >= 11 is 5.71. The Kier molecular flexibility index (Phi) is 5.15. The molecule has 0 saturated carbocycles. The van der Waals surface area contributed by atoms with E-state index in [9.17, 15) is 18.0 Å². The maximum atomic E-state index is 12.1. The molecule has 6 nitrogen and oxygen atoms in total. The highest BCUT2D eigenvalue weighted by atomic mass is 35.5. The summed E-state index contributed by atoms with van der Waals surface area (Å²) < 4.78 is 24.1. The molecule has 0 heterocycles. The quantitative estimate of drug-likeness (QED) is 0.637. The summed E-state index contributed by atoms with van der Waals surface area (Å²) in [6, 6.07) is 11.3. The Morgan fingerprint density at radius 3 is 1.96 bits per heavy atom. The molecule has 120 valence electrons. The van der Waals surface area contributed by atoms with Crippen LogP contribution in [0.4, 0.5) is 0 Å². The molecular formula is C15H13ClN2O4S. The first-order chi connectivity index (χ1) is 10.8. The largest absolute Gasteiger partial charge is 0.295 e. The summed E-state index contributed by atoms with van der Waals surface area (Å²) in [7, 11) is -3.93. The minimum absolute atomic E-state index is 0.0705. The van der Waals surface area contributed by atoms with Crippen LogP contribution in [-0.4, -0.2) is 20.1 Å². The van der Waals surface area contributed by atoms with E-state index in [1.54, 1.807) is 0 Å². The van der Waals surface area contributed by atoms with Crippen molar-refractivity contribution in [3.63, 3.8) is 0 Å². The van der Waals surface area contributed by atoms with Crippen LogP contribution in [0.1, 0.15) is 27.6 Å². The van der Waals surface area contributed by atoms with Gasteiger partial charge in [0.05, 0.1) is 4.90 Å². The lowest BCUT2D eigenvalue weighted by molar-refractivity contribution is 0.0944. The van der Waals surface area contributed by atoms with Crippen LogP contribution in [0.5, 0.6) is 0 Å². The van der Waals surface area contributed by atoms with Crippen LogP contribution in [0, 0.1) is 0 Å². The fourth-order valence-electron chi connectivity index (χ4n) is 1.71. The lowest BCUT2D eigenvalue weighted by Crippen LogP contribution is -2.41. The van der Waals surface area contributed by atoms with Gasteiger partial charge in [0, 0.05) is 16.1 Å². The number of benzene rings is 2. The predicted octanol–water partition coefficient (Wildman–Crippen LogP) is 2.17. The summed E-state index contributed by atoms with van der Waals surface area (Å²) in [5.74, 6) is -0.788. The number of hydrogen-bond donors (Lipinski definition) is 2. The fraction of sp³-hybridized carbons (Fsp3) is 0.0667. The number of halogens is 1. The van der Waals surface area contributed by atoms with E-state index in [1.807, 2.05) is 4.83 Å². The van der Waals surface area contributed by atoms with Crippen molar-refractivity contribution in [3.8, 4) is 0 Å². The third-order valence-corrected chi connectivity index (χ3v) is 4.49. The Hall–Kier alpha value is -2.22. The first kappa shape index (κ1) is 17.1. The van der Waals surface area contributed by atoms with Gasteiger partial charge in [-0.3, -0.25) is 15.0 Å². The summed E-state index contributed by atoms with van der Waals surface area (Å²) in [5, 5.41) is 0.465. The highest BCUT2D eigenvalue weighted by Gasteiger charge is 2.16. The number of hydrogen-bond acceptors (Lipinski definition) is 4. The second-order valence-corrected chi connectivity index (χ2v) is 6.77. The summed E-state index contributed by atoms with van der Waals surface area (Å²) in [6.45, 7) is 1.38. The van der Waals surface area contributed by atoms with Gasteiger partial charge in [0.1, 0.15) is 0 Å². The van der Waals surface area contributed by atoms with Crippen molar-refractivity contribution in [3.05, 3.63) is 64.7 Å². The number of hydrazine groups is 1. The van der Waals surface area contributed by atoms with Crippen LogP contribution in [0.2, 0.25) is 5.02 Å². The van der Waals surface area contributed by atoms with E-state index in [4.69, 9.17) is 11.6 Å². The highest BCUT2D eigenvalue weighted by molar-refractivity contribution is 7.89. The first-order valence-electron chi connectivity index (χ1n) is 6.48. The Labute approximate surface area is 138 Å². The minimum Gasteiger partial charge on any atom is -0.295 e. The van der Waals surface area contributed by atoms with Gasteiger partial charge < -0.3 is 0 Å². The summed E-state index contributed by atoms with van der Waals surface area (Å²) in [6.07, 6.45) is 0. The van der Waals surface area contributed by atoms with E-state index in [1.165, 1.54) is 55.5 Å². The maximum absolute atomic E-state index is 12.1. The van der Waals surface area contributed by atoms with Crippen molar-refractivity contribution < 1.29 is 18.0 Å². The highest BCUT2D eigenvalue weighted by Crippen LogP contribution is 2.11. The van der Waals surface area contributed by atoms with Crippen molar-refractivity contribution in [2.24, 2.45) is 0 Å². The topological polar surface area (TPSA) is 92.3 Å². The van der Waals surface area contributed by atoms with Crippen molar-refractivity contribution in [1.82, 2.24) is 10.3 Å². The van der Waals surface area contributed by atoms with Crippen LogP contribution in [0.25, 0.3) is 0 Å². The Morgan fingerprint density at radius 2 is 1.43 bits per heavy atom. The van der Waals surface area contributed by atoms with Gasteiger partial charge in [-0.05, 0) is 43.3 Å². The molecule has 0 atom stereocenters. The van der Waals surface area contributed by atoms with Gasteiger partial charge >= 0.3 is 0 Å².